The van der Waals surface area contributed by atoms with Gasteiger partial charge in [0.05, 0.1) is 11.9 Å². The highest BCUT2D eigenvalue weighted by molar-refractivity contribution is 8.02. The number of hydrogen-bond acceptors (Lipinski definition) is 3. The smallest absolute Gasteiger partial charge is 0.148 e. The molecule has 1 aliphatic heterocycles. The highest BCUT2D eigenvalue weighted by Gasteiger charge is 2.41. The molecule has 13 heavy (non-hydrogen) atoms. The molecule has 0 N–H and O–H groups in total. The fourth-order valence-electron chi connectivity index (χ4n) is 1.53. The molecule has 2 rings (SSSR count). The first-order valence-electron chi connectivity index (χ1n) is 4.23. The molecular weight excluding hydrogens is 206 g/mol. The maximum Gasteiger partial charge on any atom is 0.148 e. The number of thioether (sulfide) groups is 1. The Morgan fingerprint density at radius 3 is 3.00 bits per heavy atom. The molecule has 0 aliphatic carbocycles. The van der Waals surface area contributed by atoms with Crippen LogP contribution in [0.5, 0.6) is 0 Å². The third kappa shape index (κ3) is 1.46. The second kappa shape index (κ2) is 3.17. The van der Waals surface area contributed by atoms with Crippen molar-refractivity contribution in [3.63, 3.8) is 0 Å². The molecule has 0 aromatic carbocycles. The lowest BCUT2D eigenvalue weighted by Gasteiger charge is -2.44. The number of aromatic nitrogens is 3. The Morgan fingerprint density at radius 1 is 1.77 bits per heavy atom. The van der Waals surface area contributed by atoms with Gasteiger partial charge in [0.25, 0.3) is 0 Å². The van der Waals surface area contributed by atoms with Crippen molar-refractivity contribution in [1.29, 1.82) is 0 Å². The minimum absolute atomic E-state index is 0.295. The molecule has 3 nitrogen and oxygen atoms in total. The van der Waals surface area contributed by atoms with Crippen molar-refractivity contribution in [2.45, 2.75) is 30.5 Å². The van der Waals surface area contributed by atoms with Crippen LogP contribution >= 0.6 is 23.4 Å². The summed E-state index contributed by atoms with van der Waals surface area (Å²) in [7, 11) is 0. The third-order valence-electron chi connectivity index (χ3n) is 2.52. The van der Waals surface area contributed by atoms with Crippen LogP contribution in [0.2, 0.25) is 0 Å². The number of rotatable bonds is 2. The number of alkyl halides is 1. The van der Waals surface area contributed by atoms with Gasteiger partial charge in [-0.2, -0.15) is 11.8 Å². The van der Waals surface area contributed by atoms with E-state index in [1.807, 2.05) is 11.8 Å². The van der Waals surface area contributed by atoms with Crippen molar-refractivity contribution in [2.24, 2.45) is 0 Å². The van der Waals surface area contributed by atoms with Gasteiger partial charge in [-0.3, -0.25) is 0 Å². The monoisotopic (exact) mass is 217 g/mol. The summed E-state index contributed by atoms with van der Waals surface area (Å²) in [4.78, 5) is 0. The molecule has 1 fully saturated rings. The molecule has 1 atom stereocenters. The molecule has 72 valence electrons. The van der Waals surface area contributed by atoms with Gasteiger partial charge in [-0.1, -0.05) is 0 Å². The van der Waals surface area contributed by atoms with Gasteiger partial charge in [0.15, 0.2) is 0 Å². The summed E-state index contributed by atoms with van der Waals surface area (Å²) in [5.41, 5.74) is 0. The normalized spacial score (nSPS) is 25.6. The van der Waals surface area contributed by atoms with E-state index in [0.29, 0.717) is 16.7 Å². The van der Waals surface area contributed by atoms with Gasteiger partial charge < -0.3 is 4.57 Å². The molecule has 1 aromatic rings. The van der Waals surface area contributed by atoms with Crippen LogP contribution in [0.4, 0.5) is 0 Å². The van der Waals surface area contributed by atoms with Crippen LogP contribution in [0, 0.1) is 0 Å². The van der Waals surface area contributed by atoms with Crippen LogP contribution in [0.15, 0.2) is 6.33 Å². The van der Waals surface area contributed by atoms with Gasteiger partial charge in [0.1, 0.15) is 12.2 Å². The first-order valence-corrected chi connectivity index (χ1v) is 5.75. The quantitative estimate of drug-likeness (QED) is 0.711. The largest absolute Gasteiger partial charge is 0.311 e. The maximum absolute atomic E-state index is 5.76. The molecule has 1 saturated heterocycles. The Balaban J connectivity index is 2.26. The first-order chi connectivity index (χ1) is 6.15. The molecule has 0 saturated carbocycles. The fourth-order valence-corrected chi connectivity index (χ4v) is 2.98. The highest BCUT2D eigenvalue weighted by atomic mass is 35.5. The molecule has 0 spiro atoms. The predicted molar refractivity (Wildman–Crippen MR) is 55.2 cm³/mol. The Bertz CT molecular complexity index is 310. The minimum Gasteiger partial charge on any atom is -0.311 e. The van der Waals surface area contributed by atoms with E-state index in [2.05, 4.69) is 28.6 Å². The van der Waals surface area contributed by atoms with Crippen LogP contribution < -0.4 is 0 Å². The second-order valence-electron chi connectivity index (χ2n) is 3.72. The van der Waals surface area contributed by atoms with Gasteiger partial charge in [-0.15, -0.1) is 21.8 Å². The topological polar surface area (TPSA) is 30.7 Å². The van der Waals surface area contributed by atoms with E-state index in [9.17, 15) is 0 Å². The van der Waals surface area contributed by atoms with E-state index in [0.717, 1.165) is 11.6 Å². The molecular formula is C8H12ClN3S. The van der Waals surface area contributed by atoms with Crippen molar-refractivity contribution in [3.8, 4) is 0 Å². The fraction of sp³-hybridized carbons (Fsp3) is 0.750. The van der Waals surface area contributed by atoms with Crippen molar-refractivity contribution < 1.29 is 0 Å². The van der Waals surface area contributed by atoms with Crippen LogP contribution in [0.3, 0.4) is 0 Å². The molecule has 5 heteroatoms. The van der Waals surface area contributed by atoms with Gasteiger partial charge in [0, 0.05) is 10.5 Å². The van der Waals surface area contributed by atoms with Gasteiger partial charge in [-0.25, -0.2) is 0 Å². The zero-order chi connectivity index (χ0) is 9.47. The summed E-state index contributed by atoms with van der Waals surface area (Å²) >= 11 is 7.73. The SMILES string of the molecule is CC1(C)SCC1n1cnnc1CCl. The van der Waals surface area contributed by atoms with Gasteiger partial charge in [-0.05, 0) is 13.8 Å². The summed E-state index contributed by atoms with van der Waals surface area (Å²) in [6.07, 6.45) is 1.78. The summed E-state index contributed by atoms with van der Waals surface area (Å²) in [6, 6.07) is 0.501. The van der Waals surface area contributed by atoms with Crippen LogP contribution in [-0.2, 0) is 5.88 Å². The molecule has 0 bridgehead atoms. The minimum atomic E-state index is 0.295. The molecule has 1 aromatic heterocycles. The second-order valence-corrected chi connectivity index (χ2v) is 5.66. The van der Waals surface area contributed by atoms with Crippen molar-refractivity contribution in [3.05, 3.63) is 12.2 Å². The van der Waals surface area contributed by atoms with Crippen LogP contribution in [0.1, 0.15) is 25.7 Å². The number of halogens is 1. The Hall–Kier alpha value is -0.220. The van der Waals surface area contributed by atoms with Gasteiger partial charge >= 0.3 is 0 Å². The molecule has 1 aliphatic rings. The predicted octanol–water partition coefficient (Wildman–Crippen LogP) is 2.08. The van der Waals surface area contributed by atoms with E-state index in [1.54, 1.807) is 6.33 Å². The average molecular weight is 218 g/mol. The average Bonchev–Trinajstić information content (AvgIpc) is 2.51. The molecule has 0 amide bonds. The third-order valence-corrected chi connectivity index (χ3v) is 4.26. The maximum atomic E-state index is 5.76. The van der Waals surface area contributed by atoms with E-state index in [4.69, 9.17) is 11.6 Å². The summed E-state index contributed by atoms with van der Waals surface area (Å²) in [5.74, 6) is 2.45. The molecule has 0 radical (unpaired) electrons. The summed E-state index contributed by atoms with van der Waals surface area (Å²) in [5, 5.41) is 7.86. The summed E-state index contributed by atoms with van der Waals surface area (Å²) in [6.45, 7) is 4.48. The molecule has 2 heterocycles. The summed E-state index contributed by atoms with van der Waals surface area (Å²) < 4.78 is 2.40. The van der Waals surface area contributed by atoms with Crippen LogP contribution in [-0.4, -0.2) is 25.3 Å². The lowest BCUT2D eigenvalue weighted by atomic mass is 10.0. The zero-order valence-electron chi connectivity index (χ0n) is 7.70. The Kier molecular flexibility index (Phi) is 2.28. The lowest BCUT2D eigenvalue weighted by Crippen LogP contribution is -2.42. The standard InChI is InChI=1S/C8H12ClN3S/c1-8(2)6(4-13-8)12-5-10-11-7(12)3-9/h5-6H,3-4H2,1-2H3. The van der Waals surface area contributed by atoms with Crippen molar-refractivity contribution >= 4 is 23.4 Å². The number of nitrogens with zero attached hydrogens (tertiary/aromatic N) is 3. The Labute approximate surface area is 86.9 Å². The van der Waals surface area contributed by atoms with Gasteiger partial charge in [0.2, 0.25) is 0 Å². The van der Waals surface area contributed by atoms with E-state index < -0.39 is 0 Å². The van der Waals surface area contributed by atoms with E-state index in [1.165, 1.54) is 0 Å². The Morgan fingerprint density at radius 2 is 2.54 bits per heavy atom. The first kappa shape index (κ1) is 9.34. The lowest BCUT2D eigenvalue weighted by molar-refractivity contribution is 0.409. The van der Waals surface area contributed by atoms with Crippen molar-refractivity contribution in [2.75, 3.05) is 5.75 Å². The van der Waals surface area contributed by atoms with E-state index in [-0.39, 0.29) is 0 Å². The molecule has 1 unspecified atom stereocenters. The number of hydrogen-bond donors (Lipinski definition) is 0. The van der Waals surface area contributed by atoms with Crippen LogP contribution in [0.25, 0.3) is 0 Å². The highest BCUT2D eigenvalue weighted by Crippen LogP contribution is 2.48. The van der Waals surface area contributed by atoms with Crippen molar-refractivity contribution in [1.82, 2.24) is 14.8 Å². The zero-order valence-corrected chi connectivity index (χ0v) is 9.27. The van der Waals surface area contributed by atoms with E-state index >= 15 is 0 Å².